The molecule has 1 aromatic heterocycles. The molecule has 0 aliphatic heterocycles. The minimum atomic E-state index is -0.289. The number of rotatable bonds is 7. The molecule has 0 bridgehead atoms. The van der Waals surface area contributed by atoms with E-state index >= 15 is 0 Å². The molecule has 6 heteroatoms. The Kier molecular flexibility index (Phi) is 6.64. The number of nitrogens with one attached hydrogen (secondary N) is 1. The predicted molar refractivity (Wildman–Crippen MR) is 126 cm³/mol. The van der Waals surface area contributed by atoms with Crippen LogP contribution in [0, 0.1) is 12.7 Å². The molecule has 0 radical (unpaired) electrons. The molecule has 0 spiro atoms. The van der Waals surface area contributed by atoms with Crippen LogP contribution in [-0.4, -0.2) is 17.0 Å². The van der Waals surface area contributed by atoms with Crippen LogP contribution in [0.2, 0.25) is 5.02 Å². The van der Waals surface area contributed by atoms with Crippen LogP contribution in [0.25, 0.3) is 10.9 Å². The summed E-state index contributed by atoms with van der Waals surface area (Å²) in [5.74, 6) is 0.0757. The van der Waals surface area contributed by atoms with Crippen LogP contribution < -0.4 is 5.32 Å². The molecular weight excluding hydrogens is 431 g/mol. The maximum absolute atomic E-state index is 14.1. The summed E-state index contributed by atoms with van der Waals surface area (Å²) in [5, 5.41) is 4.52. The summed E-state index contributed by atoms with van der Waals surface area (Å²) in [5.41, 5.74) is 3.36. The quantitative estimate of drug-likeness (QED) is 0.326. The number of carbonyl (C=O) groups is 1. The number of nitrogens with zero attached hydrogens (tertiary/aromatic N) is 1. The second-order valence-corrected chi connectivity index (χ2v) is 8.74. The molecule has 0 aliphatic rings. The van der Waals surface area contributed by atoms with Crippen molar-refractivity contribution >= 4 is 40.2 Å². The van der Waals surface area contributed by atoms with Crippen LogP contribution in [0.15, 0.2) is 77.8 Å². The van der Waals surface area contributed by atoms with Crippen LogP contribution in [0.1, 0.15) is 21.5 Å². The molecule has 1 heterocycles. The van der Waals surface area contributed by atoms with Gasteiger partial charge >= 0.3 is 0 Å². The Hall–Kier alpha value is -2.76. The second-order valence-electron chi connectivity index (χ2n) is 7.31. The van der Waals surface area contributed by atoms with Gasteiger partial charge in [-0.2, -0.15) is 0 Å². The van der Waals surface area contributed by atoms with Gasteiger partial charge in [0, 0.05) is 57.0 Å². The first kappa shape index (κ1) is 21.5. The van der Waals surface area contributed by atoms with Crippen molar-refractivity contribution in [1.82, 2.24) is 9.88 Å². The highest BCUT2D eigenvalue weighted by Crippen LogP contribution is 2.34. The Balaban J connectivity index is 1.46. The Morgan fingerprint density at radius 2 is 1.84 bits per heavy atom. The second kappa shape index (κ2) is 9.58. The van der Waals surface area contributed by atoms with E-state index < -0.39 is 0 Å². The normalized spacial score (nSPS) is 11.1. The monoisotopic (exact) mass is 452 g/mol. The maximum atomic E-state index is 14.1. The molecule has 31 heavy (non-hydrogen) atoms. The lowest BCUT2D eigenvalue weighted by Gasteiger charge is -2.08. The summed E-state index contributed by atoms with van der Waals surface area (Å²) in [4.78, 5) is 13.4. The summed E-state index contributed by atoms with van der Waals surface area (Å²) < 4.78 is 16.3. The van der Waals surface area contributed by atoms with Crippen molar-refractivity contribution in [1.29, 1.82) is 0 Å². The lowest BCUT2D eigenvalue weighted by molar-refractivity contribution is 0.0952. The first-order valence-electron chi connectivity index (χ1n) is 10.0. The highest BCUT2D eigenvalue weighted by atomic mass is 35.5. The fraction of sp³-hybridized carbons (Fsp3) is 0.160. The molecule has 0 saturated carbocycles. The smallest absolute Gasteiger partial charge is 0.251 e. The molecule has 0 aliphatic carbocycles. The van der Waals surface area contributed by atoms with E-state index in [1.165, 1.54) is 6.07 Å². The summed E-state index contributed by atoms with van der Waals surface area (Å²) in [6.45, 7) is 3.14. The Morgan fingerprint density at radius 1 is 1.06 bits per heavy atom. The number of benzene rings is 3. The molecule has 0 fully saturated rings. The fourth-order valence-corrected chi connectivity index (χ4v) is 4.86. The topological polar surface area (TPSA) is 34.0 Å². The predicted octanol–water partition coefficient (Wildman–Crippen LogP) is 6.46. The van der Waals surface area contributed by atoms with Gasteiger partial charge in [0.2, 0.25) is 0 Å². The number of thioether (sulfide) groups is 1. The molecule has 158 valence electrons. The summed E-state index contributed by atoms with van der Waals surface area (Å²) in [7, 11) is 0. The summed E-state index contributed by atoms with van der Waals surface area (Å²) >= 11 is 7.74. The van der Waals surface area contributed by atoms with Crippen molar-refractivity contribution in [3.8, 4) is 0 Å². The van der Waals surface area contributed by atoms with E-state index in [9.17, 15) is 9.18 Å². The Labute approximate surface area is 190 Å². The Morgan fingerprint density at radius 3 is 2.61 bits per heavy atom. The van der Waals surface area contributed by atoms with Crippen LogP contribution >= 0.6 is 23.4 Å². The number of carbonyl (C=O) groups excluding carboxylic acids is 1. The van der Waals surface area contributed by atoms with E-state index in [1.807, 2.05) is 43.3 Å². The zero-order valence-electron chi connectivity index (χ0n) is 17.1. The van der Waals surface area contributed by atoms with Gasteiger partial charge in [-0.25, -0.2) is 4.39 Å². The van der Waals surface area contributed by atoms with Crippen molar-refractivity contribution < 1.29 is 9.18 Å². The van der Waals surface area contributed by atoms with E-state index in [2.05, 4.69) is 28.2 Å². The maximum Gasteiger partial charge on any atom is 0.251 e. The number of hydrogen-bond acceptors (Lipinski definition) is 2. The third kappa shape index (κ3) is 4.94. The van der Waals surface area contributed by atoms with E-state index in [-0.39, 0.29) is 11.7 Å². The molecule has 1 amide bonds. The van der Waals surface area contributed by atoms with Gasteiger partial charge in [0.05, 0.1) is 0 Å². The van der Waals surface area contributed by atoms with Gasteiger partial charge in [0.25, 0.3) is 5.91 Å². The summed E-state index contributed by atoms with van der Waals surface area (Å²) in [6.07, 6.45) is 2.06. The Bertz CT molecular complexity index is 1200. The average Bonchev–Trinajstić information content (AvgIpc) is 3.12. The standard InChI is InChI=1S/C25H22ClFN2OS/c1-17-9-11-18(12-10-17)25(30)28-13-14-29-15-24(19-5-2-3-8-23(19)29)31-16-20-21(26)6-4-7-22(20)27/h2-12,15H,13-14,16H2,1H3,(H,28,30). The van der Waals surface area contributed by atoms with E-state index in [4.69, 9.17) is 11.6 Å². The van der Waals surface area contributed by atoms with Gasteiger partial charge in [0.15, 0.2) is 0 Å². The highest BCUT2D eigenvalue weighted by molar-refractivity contribution is 7.98. The van der Waals surface area contributed by atoms with Gasteiger partial charge < -0.3 is 9.88 Å². The van der Waals surface area contributed by atoms with Crippen LogP contribution in [0.4, 0.5) is 4.39 Å². The van der Waals surface area contributed by atoms with Crippen LogP contribution in [-0.2, 0) is 12.3 Å². The van der Waals surface area contributed by atoms with Gasteiger partial charge in [-0.3, -0.25) is 4.79 Å². The van der Waals surface area contributed by atoms with Gasteiger partial charge in [0.1, 0.15) is 5.82 Å². The van der Waals surface area contributed by atoms with E-state index in [0.717, 1.165) is 21.4 Å². The molecule has 0 unspecified atom stereocenters. The van der Waals surface area contributed by atoms with Gasteiger partial charge in [-0.1, -0.05) is 53.6 Å². The number of aryl methyl sites for hydroxylation is 1. The molecule has 0 atom stereocenters. The lowest BCUT2D eigenvalue weighted by atomic mass is 10.1. The van der Waals surface area contributed by atoms with Crippen molar-refractivity contribution in [2.24, 2.45) is 0 Å². The zero-order valence-corrected chi connectivity index (χ0v) is 18.6. The average molecular weight is 453 g/mol. The molecule has 1 N–H and O–H groups in total. The highest BCUT2D eigenvalue weighted by Gasteiger charge is 2.12. The molecule has 4 rings (SSSR count). The first-order chi connectivity index (χ1) is 15.0. The lowest BCUT2D eigenvalue weighted by Crippen LogP contribution is -2.27. The zero-order chi connectivity index (χ0) is 21.8. The minimum Gasteiger partial charge on any atom is -0.350 e. The number of aromatic nitrogens is 1. The third-order valence-corrected chi connectivity index (χ3v) is 6.56. The van der Waals surface area contributed by atoms with Crippen LogP contribution in [0.3, 0.4) is 0 Å². The third-order valence-electron chi connectivity index (χ3n) is 5.14. The van der Waals surface area contributed by atoms with Gasteiger partial charge in [-0.05, 0) is 37.3 Å². The molecule has 3 aromatic carbocycles. The fourth-order valence-electron chi connectivity index (χ4n) is 3.43. The van der Waals surface area contributed by atoms with Crippen LogP contribution in [0.5, 0.6) is 0 Å². The van der Waals surface area contributed by atoms with Crippen molar-refractivity contribution in [3.63, 3.8) is 0 Å². The van der Waals surface area contributed by atoms with E-state index in [0.29, 0.717) is 35.0 Å². The van der Waals surface area contributed by atoms with Crippen molar-refractivity contribution in [2.45, 2.75) is 24.1 Å². The molecule has 0 saturated heterocycles. The van der Waals surface area contributed by atoms with E-state index in [1.54, 1.807) is 23.9 Å². The van der Waals surface area contributed by atoms with Crippen molar-refractivity contribution in [3.05, 3.63) is 100 Å². The number of para-hydroxylation sites is 1. The molecular formula is C25H22ClFN2OS. The van der Waals surface area contributed by atoms with Gasteiger partial charge in [-0.15, -0.1) is 11.8 Å². The molecule has 4 aromatic rings. The minimum absolute atomic E-state index is 0.0831. The number of halogens is 2. The first-order valence-corrected chi connectivity index (χ1v) is 11.4. The number of fused-ring (bicyclic) bond motifs is 1. The number of hydrogen-bond donors (Lipinski definition) is 1. The number of amides is 1. The SMILES string of the molecule is Cc1ccc(C(=O)NCCn2cc(SCc3c(F)cccc3Cl)c3ccccc32)cc1. The molecule has 3 nitrogen and oxygen atoms in total. The van der Waals surface area contributed by atoms with Crippen molar-refractivity contribution in [2.75, 3.05) is 6.54 Å². The summed E-state index contributed by atoms with van der Waals surface area (Å²) in [6, 6.07) is 20.4. The largest absolute Gasteiger partial charge is 0.350 e.